The van der Waals surface area contributed by atoms with E-state index in [0.29, 0.717) is 24.1 Å². The summed E-state index contributed by atoms with van der Waals surface area (Å²) in [7, 11) is 0. The van der Waals surface area contributed by atoms with Crippen molar-refractivity contribution in [1.82, 2.24) is 0 Å². The smallest absolute Gasteiger partial charge is 0.382 e. The van der Waals surface area contributed by atoms with Crippen LogP contribution in [0.5, 0.6) is 0 Å². The van der Waals surface area contributed by atoms with Crippen molar-refractivity contribution in [2.24, 2.45) is 5.92 Å². The van der Waals surface area contributed by atoms with E-state index in [2.05, 4.69) is 5.32 Å². The summed E-state index contributed by atoms with van der Waals surface area (Å²) in [5, 5.41) is 2.92. The van der Waals surface area contributed by atoms with E-state index in [9.17, 15) is 17.6 Å². The first-order chi connectivity index (χ1) is 8.88. The maximum Gasteiger partial charge on any atom is 0.393 e. The van der Waals surface area contributed by atoms with Crippen LogP contribution in [-0.4, -0.2) is 12.2 Å². The Labute approximate surface area is 110 Å². The number of alkyl halides is 3. The molecule has 0 aromatic heterocycles. The zero-order chi connectivity index (χ0) is 14.0. The monoisotopic (exact) mass is 275 g/mol. The van der Waals surface area contributed by atoms with E-state index in [-0.39, 0.29) is 12.2 Å². The van der Waals surface area contributed by atoms with Gasteiger partial charge < -0.3 is 5.32 Å². The van der Waals surface area contributed by atoms with Gasteiger partial charge in [0.05, 0.1) is 5.92 Å². The third-order valence-corrected chi connectivity index (χ3v) is 3.70. The lowest BCUT2D eigenvalue weighted by Crippen LogP contribution is -2.41. The maximum atomic E-state index is 13.1. The van der Waals surface area contributed by atoms with E-state index in [1.807, 2.05) is 0 Å². The van der Waals surface area contributed by atoms with Crippen molar-refractivity contribution in [3.05, 3.63) is 29.6 Å². The largest absolute Gasteiger partial charge is 0.393 e. The molecule has 2 atom stereocenters. The normalized spacial score (nSPS) is 24.3. The quantitative estimate of drug-likeness (QED) is 0.773. The molecule has 2 rings (SSSR count). The molecule has 0 radical (unpaired) electrons. The minimum Gasteiger partial charge on any atom is -0.382 e. The predicted octanol–water partition coefficient (Wildman–Crippen LogP) is 4.67. The molecule has 1 N–H and O–H groups in total. The van der Waals surface area contributed by atoms with Gasteiger partial charge in [0, 0.05) is 11.7 Å². The molecule has 5 heteroatoms. The lowest BCUT2D eigenvalue weighted by Gasteiger charge is -2.34. The standard InChI is InChI=1S/C14H17F4N/c1-9-8-10(6-7-12(9)15)19-13-5-3-2-4-11(13)14(16,17)18/h6-8,11,13,19H,2-5H2,1H3. The Morgan fingerprint density at radius 1 is 1.16 bits per heavy atom. The molecule has 0 heterocycles. The minimum atomic E-state index is -4.17. The summed E-state index contributed by atoms with van der Waals surface area (Å²) in [5.74, 6) is -1.66. The number of halogens is 4. The van der Waals surface area contributed by atoms with Crippen LogP contribution in [0, 0.1) is 18.7 Å². The van der Waals surface area contributed by atoms with Crippen molar-refractivity contribution < 1.29 is 17.6 Å². The first-order valence-corrected chi connectivity index (χ1v) is 6.47. The van der Waals surface area contributed by atoms with Gasteiger partial charge in [-0.3, -0.25) is 0 Å². The molecule has 1 aromatic rings. The predicted molar refractivity (Wildman–Crippen MR) is 66.6 cm³/mol. The Balaban J connectivity index is 2.13. The molecule has 1 saturated carbocycles. The fourth-order valence-electron chi connectivity index (χ4n) is 2.64. The number of rotatable bonds is 2. The molecule has 1 fully saturated rings. The van der Waals surface area contributed by atoms with Gasteiger partial charge in [0.15, 0.2) is 0 Å². The van der Waals surface area contributed by atoms with Crippen LogP contribution in [0.2, 0.25) is 0 Å². The first-order valence-electron chi connectivity index (χ1n) is 6.47. The lowest BCUT2D eigenvalue weighted by atomic mass is 9.84. The highest BCUT2D eigenvalue weighted by Crippen LogP contribution is 2.39. The van der Waals surface area contributed by atoms with E-state index in [0.717, 1.165) is 6.42 Å². The first kappa shape index (κ1) is 14.2. The summed E-state index contributed by atoms with van der Waals surface area (Å²) in [6.07, 6.45) is -2.09. The molecule has 1 aromatic carbocycles. The van der Waals surface area contributed by atoms with Crippen LogP contribution in [0.4, 0.5) is 23.2 Å². The van der Waals surface area contributed by atoms with Crippen LogP contribution >= 0.6 is 0 Å². The summed E-state index contributed by atoms with van der Waals surface area (Å²) >= 11 is 0. The molecular weight excluding hydrogens is 258 g/mol. The molecule has 0 amide bonds. The zero-order valence-corrected chi connectivity index (χ0v) is 10.7. The molecule has 0 aliphatic heterocycles. The average Bonchev–Trinajstić information content (AvgIpc) is 2.33. The molecule has 0 saturated heterocycles. The molecule has 2 unspecified atom stereocenters. The SMILES string of the molecule is Cc1cc(NC2CCCCC2C(F)(F)F)ccc1F. The molecule has 0 bridgehead atoms. The van der Waals surface area contributed by atoms with Crippen LogP contribution in [0.1, 0.15) is 31.2 Å². The number of benzene rings is 1. The highest BCUT2D eigenvalue weighted by atomic mass is 19.4. The number of anilines is 1. The van der Waals surface area contributed by atoms with Gasteiger partial charge in [-0.2, -0.15) is 13.2 Å². The van der Waals surface area contributed by atoms with Crippen molar-refractivity contribution in [3.63, 3.8) is 0 Å². The average molecular weight is 275 g/mol. The van der Waals surface area contributed by atoms with Crippen molar-refractivity contribution in [2.45, 2.75) is 44.8 Å². The highest BCUT2D eigenvalue weighted by molar-refractivity contribution is 5.47. The molecule has 0 spiro atoms. The van der Waals surface area contributed by atoms with Crippen molar-refractivity contribution in [2.75, 3.05) is 5.32 Å². The van der Waals surface area contributed by atoms with Gasteiger partial charge in [-0.25, -0.2) is 4.39 Å². The van der Waals surface area contributed by atoms with Gasteiger partial charge in [0.2, 0.25) is 0 Å². The Bertz CT molecular complexity index is 442. The zero-order valence-electron chi connectivity index (χ0n) is 10.7. The fraction of sp³-hybridized carbons (Fsp3) is 0.571. The second-order valence-corrected chi connectivity index (χ2v) is 5.15. The highest BCUT2D eigenvalue weighted by Gasteiger charge is 2.45. The lowest BCUT2D eigenvalue weighted by molar-refractivity contribution is -0.184. The summed E-state index contributed by atoms with van der Waals surface area (Å²) < 4.78 is 51.9. The van der Waals surface area contributed by atoms with Crippen molar-refractivity contribution in [1.29, 1.82) is 0 Å². The topological polar surface area (TPSA) is 12.0 Å². The van der Waals surface area contributed by atoms with Gasteiger partial charge in [-0.15, -0.1) is 0 Å². The third kappa shape index (κ3) is 3.39. The van der Waals surface area contributed by atoms with Crippen LogP contribution < -0.4 is 5.32 Å². The summed E-state index contributed by atoms with van der Waals surface area (Å²) in [6, 6.07) is 3.71. The molecule has 19 heavy (non-hydrogen) atoms. The van der Waals surface area contributed by atoms with Gasteiger partial charge in [-0.05, 0) is 43.5 Å². The van der Waals surface area contributed by atoms with Crippen molar-refractivity contribution >= 4 is 5.69 Å². The van der Waals surface area contributed by atoms with E-state index in [4.69, 9.17) is 0 Å². The molecule has 1 aliphatic rings. The van der Waals surface area contributed by atoms with E-state index in [1.54, 1.807) is 13.0 Å². The van der Waals surface area contributed by atoms with Gasteiger partial charge in [0.1, 0.15) is 5.82 Å². The summed E-state index contributed by atoms with van der Waals surface area (Å²) in [5.41, 5.74) is 0.990. The van der Waals surface area contributed by atoms with Gasteiger partial charge in [0.25, 0.3) is 0 Å². The molecular formula is C14H17F4N. The summed E-state index contributed by atoms with van der Waals surface area (Å²) in [4.78, 5) is 0. The van der Waals surface area contributed by atoms with E-state index < -0.39 is 18.1 Å². The minimum absolute atomic E-state index is 0.168. The second-order valence-electron chi connectivity index (χ2n) is 5.15. The third-order valence-electron chi connectivity index (χ3n) is 3.70. The van der Waals surface area contributed by atoms with Crippen LogP contribution in [0.15, 0.2) is 18.2 Å². The Morgan fingerprint density at radius 3 is 2.47 bits per heavy atom. The number of aryl methyl sites for hydroxylation is 1. The van der Waals surface area contributed by atoms with Crippen LogP contribution in [0.3, 0.4) is 0 Å². The number of hydrogen-bond donors (Lipinski definition) is 1. The number of nitrogens with one attached hydrogen (secondary N) is 1. The summed E-state index contributed by atoms with van der Waals surface area (Å²) in [6.45, 7) is 1.60. The fourth-order valence-corrected chi connectivity index (χ4v) is 2.64. The Kier molecular flexibility index (Phi) is 4.02. The Morgan fingerprint density at radius 2 is 1.84 bits per heavy atom. The van der Waals surface area contributed by atoms with E-state index >= 15 is 0 Å². The van der Waals surface area contributed by atoms with Crippen molar-refractivity contribution in [3.8, 4) is 0 Å². The van der Waals surface area contributed by atoms with Gasteiger partial charge in [-0.1, -0.05) is 12.8 Å². The Hall–Kier alpha value is -1.26. The molecule has 1 aliphatic carbocycles. The second kappa shape index (κ2) is 5.39. The maximum absolute atomic E-state index is 13.1. The van der Waals surface area contributed by atoms with Crippen LogP contribution in [-0.2, 0) is 0 Å². The van der Waals surface area contributed by atoms with Gasteiger partial charge >= 0.3 is 6.18 Å². The van der Waals surface area contributed by atoms with E-state index in [1.165, 1.54) is 12.1 Å². The number of hydrogen-bond acceptors (Lipinski definition) is 1. The molecule has 106 valence electrons. The molecule has 1 nitrogen and oxygen atoms in total. The van der Waals surface area contributed by atoms with Crippen LogP contribution in [0.25, 0.3) is 0 Å².